The van der Waals surface area contributed by atoms with Gasteiger partial charge >= 0.3 is 0 Å². The first-order valence-electron chi connectivity index (χ1n) is 6.23. The number of aromatic nitrogens is 1. The second kappa shape index (κ2) is 5.57. The average molecular weight is 318 g/mol. The van der Waals surface area contributed by atoms with Crippen molar-refractivity contribution in [1.82, 2.24) is 10.3 Å². The Hall–Kier alpha value is -1.35. The van der Waals surface area contributed by atoms with Crippen LogP contribution >= 0.6 is 11.3 Å². The lowest BCUT2D eigenvalue weighted by Gasteiger charge is -2.22. The molecule has 112 valence electrons. The van der Waals surface area contributed by atoms with Gasteiger partial charge in [0.2, 0.25) is 0 Å². The molecule has 0 radical (unpaired) electrons. The minimum absolute atomic E-state index is 0.00200. The predicted octanol–water partition coefficient (Wildman–Crippen LogP) is 0.0983. The Kier molecular flexibility index (Phi) is 4.19. The molecule has 1 fully saturated rings. The first kappa shape index (κ1) is 15.0. The van der Waals surface area contributed by atoms with Gasteiger partial charge in [0, 0.05) is 20.1 Å². The molecule has 1 aromatic heterocycles. The molecule has 0 aromatic carbocycles. The summed E-state index contributed by atoms with van der Waals surface area (Å²) in [6, 6.07) is -0.342. The Bertz CT molecular complexity index is 609. The lowest BCUT2D eigenvalue weighted by Crippen LogP contribution is -2.43. The van der Waals surface area contributed by atoms with E-state index in [1.165, 1.54) is 11.3 Å². The van der Waals surface area contributed by atoms with Crippen LogP contribution in [-0.2, 0) is 9.84 Å². The van der Waals surface area contributed by atoms with E-state index in [0.29, 0.717) is 22.9 Å². The van der Waals surface area contributed by atoms with Crippen LogP contribution in [0, 0.1) is 0 Å². The number of thiazole rings is 1. The van der Waals surface area contributed by atoms with Crippen molar-refractivity contribution in [2.75, 3.05) is 36.2 Å². The van der Waals surface area contributed by atoms with E-state index in [-0.39, 0.29) is 29.3 Å². The zero-order valence-corrected chi connectivity index (χ0v) is 13.1. The Morgan fingerprint density at radius 3 is 2.75 bits per heavy atom. The number of nitrogen functional groups attached to an aromatic ring is 1. The Labute approximate surface area is 122 Å². The zero-order valence-electron chi connectivity index (χ0n) is 11.4. The number of amides is 1. The van der Waals surface area contributed by atoms with Gasteiger partial charge in [-0.25, -0.2) is 13.4 Å². The molecule has 2 rings (SSSR count). The Morgan fingerprint density at radius 2 is 2.20 bits per heavy atom. The van der Waals surface area contributed by atoms with Gasteiger partial charge in [0.05, 0.1) is 11.5 Å². The molecule has 1 unspecified atom stereocenters. The minimum atomic E-state index is -3.04. The number of hydrogen-bond acceptors (Lipinski definition) is 7. The number of hydrogen-bond donors (Lipinski definition) is 2. The molecule has 2 heterocycles. The third kappa shape index (κ3) is 3.40. The summed E-state index contributed by atoms with van der Waals surface area (Å²) in [5.74, 6) is 0.0234. The van der Waals surface area contributed by atoms with Crippen LogP contribution in [0.5, 0.6) is 0 Å². The molecule has 1 aliphatic rings. The first-order chi connectivity index (χ1) is 9.28. The molecule has 1 atom stereocenters. The maximum atomic E-state index is 12.1. The van der Waals surface area contributed by atoms with Gasteiger partial charge in [-0.2, -0.15) is 0 Å². The van der Waals surface area contributed by atoms with E-state index in [1.54, 1.807) is 4.90 Å². The summed E-state index contributed by atoms with van der Waals surface area (Å²) in [6.07, 6.45) is 1.25. The van der Waals surface area contributed by atoms with Gasteiger partial charge in [0.25, 0.3) is 5.91 Å². The molecule has 9 heteroatoms. The molecule has 0 spiro atoms. The van der Waals surface area contributed by atoms with Gasteiger partial charge in [-0.05, 0) is 12.8 Å². The second-order valence-corrected chi connectivity index (χ2v) is 8.24. The minimum Gasteiger partial charge on any atom is -0.382 e. The van der Waals surface area contributed by atoms with Crippen LogP contribution in [0.25, 0.3) is 0 Å². The van der Waals surface area contributed by atoms with Gasteiger partial charge in [-0.1, -0.05) is 11.3 Å². The molecule has 0 aliphatic carbocycles. The number of nitrogens with zero attached hydrogens (tertiary/aromatic N) is 2. The number of anilines is 2. The molecule has 1 aromatic rings. The van der Waals surface area contributed by atoms with E-state index in [1.807, 2.05) is 14.1 Å². The van der Waals surface area contributed by atoms with Crippen molar-refractivity contribution >= 4 is 38.0 Å². The van der Waals surface area contributed by atoms with Crippen molar-refractivity contribution in [3.8, 4) is 0 Å². The number of nitrogens with two attached hydrogens (primary N) is 1. The van der Waals surface area contributed by atoms with Crippen LogP contribution in [0.3, 0.4) is 0 Å². The molecular formula is C11H18N4O3S2. The summed E-state index contributed by atoms with van der Waals surface area (Å²) < 4.78 is 23.1. The third-order valence-corrected chi connectivity index (χ3v) is 6.09. The average Bonchev–Trinajstić information content (AvgIpc) is 2.70. The summed E-state index contributed by atoms with van der Waals surface area (Å²) >= 11 is 1.19. The third-order valence-electron chi connectivity index (χ3n) is 3.03. The van der Waals surface area contributed by atoms with Crippen molar-refractivity contribution < 1.29 is 13.2 Å². The summed E-state index contributed by atoms with van der Waals surface area (Å²) in [5, 5.41) is 3.38. The number of nitrogens with one attached hydrogen (secondary N) is 1. The van der Waals surface area contributed by atoms with Gasteiger partial charge in [-0.15, -0.1) is 0 Å². The SMILES string of the molecule is CN(C)c1nc(N)c(C(=O)NC2CCCS(=O)(=O)C2)s1. The largest absolute Gasteiger partial charge is 0.382 e. The lowest BCUT2D eigenvalue weighted by atomic mass is 10.2. The monoisotopic (exact) mass is 318 g/mol. The van der Waals surface area contributed by atoms with Crippen LogP contribution in [0.15, 0.2) is 0 Å². The second-order valence-electron chi connectivity index (χ2n) is 5.03. The van der Waals surface area contributed by atoms with Gasteiger partial charge in [0.1, 0.15) is 10.7 Å². The fourth-order valence-corrected chi connectivity index (χ4v) is 4.51. The van der Waals surface area contributed by atoms with E-state index in [0.717, 1.165) is 0 Å². The summed E-state index contributed by atoms with van der Waals surface area (Å²) in [4.78, 5) is 18.3. The molecule has 20 heavy (non-hydrogen) atoms. The Balaban J connectivity index is 2.08. The molecule has 1 aliphatic heterocycles. The van der Waals surface area contributed by atoms with Crippen molar-refractivity contribution in [3.05, 3.63) is 4.88 Å². The van der Waals surface area contributed by atoms with Gasteiger partial charge < -0.3 is 16.0 Å². The van der Waals surface area contributed by atoms with E-state index in [4.69, 9.17) is 5.73 Å². The molecule has 0 bridgehead atoms. The molecule has 1 saturated heterocycles. The quantitative estimate of drug-likeness (QED) is 0.819. The standard InChI is InChI=1S/C11H18N4O3S2/c1-15(2)11-14-9(12)8(19-11)10(16)13-7-4-3-5-20(17,18)6-7/h7H,3-6,12H2,1-2H3,(H,13,16). The summed E-state index contributed by atoms with van der Waals surface area (Å²) in [5.41, 5.74) is 5.73. The van der Waals surface area contributed by atoms with Crippen LogP contribution < -0.4 is 16.0 Å². The molecular weight excluding hydrogens is 300 g/mol. The predicted molar refractivity (Wildman–Crippen MR) is 80.0 cm³/mol. The van der Waals surface area contributed by atoms with Crippen LogP contribution in [0.2, 0.25) is 0 Å². The highest BCUT2D eigenvalue weighted by Crippen LogP contribution is 2.27. The smallest absolute Gasteiger partial charge is 0.265 e. The van der Waals surface area contributed by atoms with Crippen molar-refractivity contribution in [2.24, 2.45) is 0 Å². The van der Waals surface area contributed by atoms with Crippen molar-refractivity contribution in [2.45, 2.75) is 18.9 Å². The highest BCUT2D eigenvalue weighted by Gasteiger charge is 2.27. The van der Waals surface area contributed by atoms with Gasteiger partial charge in [0.15, 0.2) is 15.0 Å². The topological polar surface area (TPSA) is 105 Å². The number of rotatable bonds is 3. The maximum Gasteiger partial charge on any atom is 0.265 e. The fraction of sp³-hybridized carbons (Fsp3) is 0.636. The van der Waals surface area contributed by atoms with E-state index < -0.39 is 9.84 Å². The van der Waals surface area contributed by atoms with Gasteiger partial charge in [-0.3, -0.25) is 4.79 Å². The van der Waals surface area contributed by atoms with Crippen LogP contribution in [0.4, 0.5) is 10.9 Å². The zero-order chi connectivity index (χ0) is 14.9. The Morgan fingerprint density at radius 1 is 1.50 bits per heavy atom. The highest BCUT2D eigenvalue weighted by molar-refractivity contribution is 7.91. The van der Waals surface area contributed by atoms with Crippen LogP contribution in [0.1, 0.15) is 22.5 Å². The van der Waals surface area contributed by atoms with Crippen molar-refractivity contribution in [1.29, 1.82) is 0 Å². The highest BCUT2D eigenvalue weighted by atomic mass is 32.2. The molecule has 1 amide bonds. The molecule has 7 nitrogen and oxygen atoms in total. The van der Waals surface area contributed by atoms with E-state index >= 15 is 0 Å². The fourth-order valence-electron chi connectivity index (χ4n) is 2.06. The maximum absolute atomic E-state index is 12.1. The number of sulfone groups is 1. The van der Waals surface area contributed by atoms with Crippen LogP contribution in [-0.4, -0.2) is 51.0 Å². The van der Waals surface area contributed by atoms with E-state index in [2.05, 4.69) is 10.3 Å². The molecule has 3 N–H and O–H groups in total. The normalized spacial score (nSPS) is 21.4. The first-order valence-corrected chi connectivity index (χ1v) is 8.87. The van der Waals surface area contributed by atoms with E-state index in [9.17, 15) is 13.2 Å². The summed E-state index contributed by atoms with van der Waals surface area (Å²) in [7, 11) is 0.582. The van der Waals surface area contributed by atoms with Crippen molar-refractivity contribution in [3.63, 3.8) is 0 Å². The number of carbonyl (C=O) groups excluding carboxylic acids is 1. The lowest BCUT2D eigenvalue weighted by molar-refractivity contribution is 0.0943. The number of carbonyl (C=O) groups is 1. The molecule has 0 saturated carbocycles. The summed E-state index contributed by atoms with van der Waals surface area (Å²) in [6.45, 7) is 0.